The molecule has 0 saturated heterocycles. The Morgan fingerprint density at radius 1 is 1.14 bits per heavy atom. The summed E-state index contributed by atoms with van der Waals surface area (Å²) in [6.45, 7) is 9.56. The van der Waals surface area contributed by atoms with Gasteiger partial charge < -0.3 is 10.4 Å². The van der Waals surface area contributed by atoms with Gasteiger partial charge in [0.25, 0.3) is 10.0 Å². The molecule has 36 heavy (non-hydrogen) atoms. The van der Waals surface area contributed by atoms with E-state index in [0.717, 1.165) is 21.3 Å². The zero-order valence-corrected chi connectivity index (χ0v) is 22.2. The molecule has 14 heteroatoms. The van der Waals surface area contributed by atoms with E-state index in [4.69, 9.17) is 21.5 Å². The fourth-order valence-corrected chi connectivity index (χ4v) is 5.35. The summed E-state index contributed by atoms with van der Waals surface area (Å²) in [4.78, 5) is 18.6. The Kier molecular flexibility index (Phi) is 9.32. The number of hydrogen-bond acceptors (Lipinski definition) is 7. The van der Waals surface area contributed by atoms with E-state index in [-0.39, 0.29) is 10.9 Å². The summed E-state index contributed by atoms with van der Waals surface area (Å²) in [6.07, 6.45) is -3.68. The molecule has 0 atom stereocenters. The first-order chi connectivity index (χ1) is 16.5. The molecular weight excluding hydrogens is 541 g/mol. The lowest BCUT2D eigenvalue weighted by molar-refractivity contribution is -0.192. The summed E-state index contributed by atoms with van der Waals surface area (Å²) >= 11 is 7.44. The second kappa shape index (κ2) is 11.4. The quantitative estimate of drug-likeness (QED) is 0.312. The van der Waals surface area contributed by atoms with Gasteiger partial charge in [-0.05, 0) is 63.4 Å². The summed E-state index contributed by atoms with van der Waals surface area (Å²) in [5.74, 6) is -2.76. The highest BCUT2D eigenvalue weighted by atomic mass is 35.5. The van der Waals surface area contributed by atoms with Crippen molar-refractivity contribution < 1.29 is 31.5 Å². The smallest absolute Gasteiger partial charge is 0.475 e. The molecule has 1 aromatic carbocycles. The molecule has 0 fully saturated rings. The summed E-state index contributed by atoms with van der Waals surface area (Å²) in [6, 6.07) is 7.34. The lowest BCUT2D eigenvalue weighted by Gasteiger charge is -2.12. The van der Waals surface area contributed by atoms with Crippen LogP contribution in [0.15, 0.2) is 35.4 Å². The van der Waals surface area contributed by atoms with Crippen LogP contribution in [-0.4, -0.2) is 41.7 Å². The van der Waals surface area contributed by atoms with Crippen LogP contribution in [0, 0.1) is 20.8 Å². The highest BCUT2D eigenvalue weighted by Crippen LogP contribution is 2.35. The number of carboxylic acid groups (broad SMARTS) is 1. The third-order valence-corrected chi connectivity index (χ3v) is 7.51. The Bertz CT molecular complexity index is 1360. The van der Waals surface area contributed by atoms with Crippen LogP contribution in [0.25, 0.3) is 10.4 Å². The average molecular weight is 565 g/mol. The van der Waals surface area contributed by atoms with Gasteiger partial charge in [0.05, 0.1) is 27.4 Å². The lowest BCUT2D eigenvalue weighted by Crippen LogP contribution is -2.21. The number of pyridine rings is 1. The SMILES string of the molecule is Cc1ccc(-c2sc(NC(C)C)nc2C)cc1S(=O)(=O)Nc1cnc(Cl)c(C)c1.O=C(O)C(F)(F)F. The Morgan fingerprint density at radius 3 is 2.28 bits per heavy atom. The molecule has 8 nitrogen and oxygen atoms in total. The van der Waals surface area contributed by atoms with Crippen molar-refractivity contribution in [2.75, 3.05) is 10.0 Å². The number of hydrogen-bond donors (Lipinski definition) is 3. The average Bonchev–Trinajstić information content (AvgIpc) is 3.09. The fourth-order valence-electron chi connectivity index (χ4n) is 2.83. The maximum absolute atomic E-state index is 13.0. The van der Waals surface area contributed by atoms with Crippen LogP contribution >= 0.6 is 22.9 Å². The largest absolute Gasteiger partial charge is 0.490 e. The molecule has 0 aliphatic heterocycles. The number of sulfonamides is 1. The number of thiazole rings is 1. The standard InChI is InChI=1S/C20H23ClN4O2S2.C2HF3O2/c1-11(2)23-20-24-14(5)18(28-20)15-7-6-12(3)17(9-15)29(26,27)25-16-8-13(4)19(21)22-10-16;3-2(4,5)1(6)7/h6-11,25H,1-5H3,(H,23,24);(H,6,7). The van der Waals surface area contributed by atoms with Gasteiger partial charge in [-0.3, -0.25) is 4.72 Å². The second-order valence-corrected chi connectivity index (χ2v) is 11.0. The predicted octanol–water partition coefficient (Wildman–Crippen LogP) is 6.04. The number of carbonyl (C=O) groups is 1. The molecule has 0 spiro atoms. The van der Waals surface area contributed by atoms with E-state index in [1.54, 1.807) is 26.0 Å². The Balaban J connectivity index is 0.000000572. The Morgan fingerprint density at radius 2 is 1.75 bits per heavy atom. The fraction of sp³-hybridized carbons (Fsp3) is 0.318. The van der Waals surface area contributed by atoms with Crippen LogP contribution < -0.4 is 10.0 Å². The minimum absolute atomic E-state index is 0.216. The molecule has 0 bridgehead atoms. The lowest BCUT2D eigenvalue weighted by atomic mass is 10.1. The van der Waals surface area contributed by atoms with Crippen molar-refractivity contribution in [1.82, 2.24) is 9.97 Å². The second-order valence-electron chi connectivity index (χ2n) is 7.95. The van der Waals surface area contributed by atoms with Crippen molar-refractivity contribution in [3.8, 4) is 10.4 Å². The van der Waals surface area contributed by atoms with Gasteiger partial charge in [0.1, 0.15) is 5.15 Å². The van der Waals surface area contributed by atoms with Crippen LogP contribution in [0.5, 0.6) is 0 Å². The molecule has 0 saturated carbocycles. The number of nitrogens with zero attached hydrogens (tertiary/aromatic N) is 2. The van der Waals surface area contributed by atoms with Crippen molar-refractivity contribution in [2.24, 2.45) is 0 Å². The number of aryl methyl sites for hydroxylation is 3. The van der Waals surface area contributed by atoms with Gasteiger partial charge in [-0.15, -0.1) is 0 Å². The molecule has 196 valence electrons. The minimum atomic E-state index is -5.08. The van der Waals surface area contributed by atoms with Crippen LogP contribution in [0.4, 0.5) is 24.0 Å². The summed E-state index contributed by atoms with van der Waals surface area (Å²) in [7, 11) is -3.79. The first-order valence-corrected chi connectivity index (χ1v) is 13.0. The number of nitrogens with one attached hydrogen (secondary N) is 2. The zero-order chi connectivity index (χ0) is 27.4. The number of aromatic nitrogens is 2. The van der Waals surface area contributed by atoms with Gasteiger partial charge in [-0.25, -0.2) is 23.2 Å². The van der Waals surface area contributed by atoms with Gasteiger partial charge >= 0.3 is 12.1 Å². The van der Waals surface area contributed by atoms with Crippen LogP contribution in [0.3, 0.4) is 0 Å². The number of carboxylic acids is 1. The molecular formula is C22H24ClF3N4O4S2. The van der Waals surface area contributed by atoms with Crippen LogP contribution in [0.1, 0.15) is 30.7 Å². The third-order valence-electron chi connectivity index (χ3n) is 4.46. The van der Waals surface area contributed by atoms with Crippen LogP contribution in [-0.2, 0) is 14.8 Å². The van der Waals surface area contributed by atoms with Gasteiger partial charge in [0, 0.05) is 6.04 Å². The van der Waals surface area contributed by atoms with Crippen molar-refractivity contribution in [3.05, 3.63) is 52.4 Å². The summed E-state index contributed by atoms with van der Waals surface area (Å²) in [5.41, 5.74) is 3.39. The monoisotopic (exact) mass is 564 g/mol. The van der Waals surface area contributed by atoms with E-state index >= 15 is 0 Å². The van der Waals surface area contributed by atoms with Crippen molar-refractivity contribution in [2.45, 2.75) is 51.7 Å². The number of rotatable bonds is 6. The van der Waals surface area contributed by atoms with E-state index in [1.165, 1.54) is 17.5 Å². The molecule has 0 radical (unpaired) electrons. The molecule has 3 N–H and O–H groups in total. The van der Waals surface area contributed by atoms with Gasteiger partial charge in [-0.2, -0.15) is 13.2 Å². The van der Waals surface area contributed by atoms with Crippen molar-refractivity contribution >= 4 is 49.7 Å². The number of halogens is 4. The molecule has 0 amide bonds. The highest BCUT2D eigenvalue weighted by molar-refractivity contribution is 7.92. The topological polar surface area (TPSA) is 121 Å². The van der Waals surface area contributed by atoms with Gasteiger partial charge in [0.2, 0.25) is 0 Å². The first-order valence-electron chi connectivity index (χ1n) is 10.3. The molecule has 0 unspecified atom stereocenters. The molecule has 0 aliphatic rings. The number of aliphatic carboxylic acids is 1. The molecule has 0 aliphatic carbocycles. The molecule has 2 aromatic heterocycles. The van der Waals surface area contributed by atoms with Gasteiger partial charge in [-0.1, -0.05) is 35.1 Å². The number of benzene rings is 1. The van der Waals surface area contributed by atoms with E-state index in [2.05, 4.69) is 20.0 Å². The van der Waals surface area contributed by atoms with E-state index in [0.29, 0.717) is 22.0 Å². The normalized spacial score (nSPS) is 11.6. The van der Waals surface area contributed by atoms with E-state index in [9.17, 15) is 21.6 Å². The minimum Gasteiger partial charge on any atom is -0.475 e. The predicted molar refractivity (Wildman–Crippen MR) is 134 cm³/mol. The Hall–Kier alpha value is -2.90. The maximum atomic E-state index is 13.0. The van der Waals surface area contributed by atoms with Crippen LogP contribution in [0.2, 0.25) is 5.15 Å². The van der Waals surface area contributed by atoms with E-state index in [1.807, 2.05) is 32.9 Å². The summed E-state index contributed by atoms with van der Waals surface area (Å²) < 4.78 is 60.4. The molecule has 2 heterocycles. The van der Waals surface area contributed by atoms with E-state index < -0.39 is 22.2 Å². The molecule has 3 aromatic rings. The molecule has 3 rings (SSSR count). The maximum Gasteiger partial charge on any atom is 0.490 e. The van der Waals surface area contributed by atoms with Gasteiger partial charge in [0.15, 0.2) is 5.13 Å². The zero-order valence-electron chi connectivity index (χ0n) is 19.9. The number of alkyl halides is 3. The number of anilines is 2. The highest BCUT2D eigenvalue weighted by Gasteiger charge is 2.38. The first kappa shape index (κ1) is 29.3. The third kappa shape index (κ3) is 7.80. The van der Waals surface area contributed by atoms with Crippen molar-refractivity contribution in [3.63, 3.8) is 0 Å². The van der Waals surface area contributed by atoms with Crippen molar-refractivity contribution in [1.29, 1.82) is 0 Å². The Labute approximate surface area is 215 Å². The summed E-state index contributed by atoms with van der Waals surface area (Å²) in [5, 5.41) is 11.6.